The molecule has 3 heteroatoms. The summed E-state index contributed by atoms with van der Waals surface area (Å²) >= 11 is 0. The Morgan fingerprint density at radius 3 is 2.21 bits per heavy atom. The van der Waals surface area contributed by atoms with E-state index in [0.717, 1.165) is 17.0 Å². The Balaban J connectivity index is 2.26. The first-order chi connectivity index (χ1) is 8.78. The smallest absolute Gasteiger partial charge is 0.156 e. The van der Waals surface area contributed by atoms with Crippen LogP contribution in [0.1, 0.15) is 40.4 Å². The summed E-state index contributed by atoms with van der Waals surface area (Å²) in [5.74, 6) is 0.848. The van der Waals surface area contributed by atoms with E-state index in [1.54, 1.807) is 0 Å². The lowest BCUT2D eigenvalue weighted by molar-refractivity contribution is 0.225. The van der Waals surface area contributed by atoms with E-state index in [0.29, 0.717) is 0 Å². The molecule has 0 saturated carbocycles. The molecule has 0 saturated heterocycles. The van der Waals surface area contributed by atoms with Gasteiger partial charge in [0, 0.05) is 17.2 Å². The van der Waals surface area contributed by atoms with E-state index in [1.807, 2.05) is 36.4 Å². The van der Waals surface area contributed by atoms with Crippen molar-refractivity contribution >= 4 is 0 Å². The highest BCUT2D eigenvalue weighted by Gasteiger charge is 2.29. The monoisotopic (exact) mass is 258 g/mol. The maximum Gasteiger partial charge on any atom is 0.156 e. The van der Waals surface area contributed by atoms with Gasteiger partial charge >= 0.3 is 0 Å². The van der Waals surface area contributed by atoms with Gasteiger partial charge in [-0.2, -0.15) is 0 Å². The van der Waals surface area contributed by atoms with Crippen LogP contribution in [0.25, 0.3) is 11.3 Å². The molecule has 1 aromatic carbocycles. The third-order valence-electron chi connectivity index (χ3n) is 2.88. The molecule has 1 heterocycles. The Bertz CT molecular complexity index is 535. The number of aromatic nitrogens is 1. The van der Waals surface area contributed by atoms with Crippen LogP contribution in [0.5, 0.6) is 0 Å². The van der Waals surface area contributed by atoms with E-state index >= 15 is 0 Å². The molecular formula is C16H22N2O. The summed E-state index contributed by atoms with van der Waals surface area (Å²) in [5, 5.41) is 7.71. The van der Waals surface area contributed by atoms with E-state index in [2.05, 4.69) is 45.1 Å². The molecule has 0 aliphatic carbocycles. The molecule has 19 heavy (non-hydrogen) atoms. The number of benzene rings is 1. The Labute approximate surface area is 115 Å². The van der Waals surface area contributed by atoms with E-state index < -0.39 is 0 Å². The molecule has 0 radical (unpaired) electrons. The van der Waals surface area contributed by atoms with Gasteiger partial charge in [0.2, 0.25) is 0 Å². The molecule has 0 spiro atoms. The first-order valence-electron chi connectivity index (χ1n) is 6.60. The average Bonchev–Trinajstić information content (AvgIpc) is 2.77. The van der Waals surface area contributed by atoms with E-state index in [1.165, 1.54) is 0 Å². The second kappa shape index (κ2) is 4.82. The van der Waals surface area contributed by atoms with Gasteiger partial charge in [-0.1, -0.05) is 35.5 Å². The first-order valence-corrected chi connectivity index (χ1v) is 6.60. The lowest BCUT2D eigenvalue weighted by Gasteiger charge is -2.32. The van der Waals surface area contributed by atoms with E-state index in [9.17, 15) is 0 Å². The maximum absolute atomic E-state index is 5.52. The third-order valence-corrected chi connectivity index (χ3v) is 2.88. The van der Waals surface area contributed by atoms with Crippen molar-refractivity contribution in [1.29, 1.82) is 0 Å². The summed E-state index contributed by atoms with van der Waals surface area (Å²) in [6, 6.07) is 12.1. The molecule has 3 nitrogen and oxygen atoms in total. The second-order valence-electron chi connectivity index (χ2n) is 6.44. The zero-order chi connectivity index (χ0) is 14.1. The molecule has 0 fully saturated rings. The Hall–Kier alpha value is -1.61. The Kier molecular flexibility index (Phi) is 3.50. The van der Waals surface area contributed by atoms with Crippen molar-refractivity contribution in [2.45, 2.75) is 45.7 Å². The van der Waals surface area contributed by atoms with Gasteiger partial charge in [-0.3, -0.25) is 0 Å². The van der Waals surface area contributed by atoms with Crippen molar-refractivity contribution in [3.63, 3.8) is 0 Å². The Morgan fingerprint density at radius 2 is 1.63 bits per heavy atom. The minimum Gasteiger partial charge on any atom is -0.359 e. The summed E-state index contributed by atoms with van der Waals surface area (Å²) in [6.07, 6.45) is 0. The SMILES string of the molecule is CC(C)(C)NC(C)(C)c1cc(-c2ccccc2)no1. The fourth-order valence-corrected chi connectivity index (χ4v) is 2.31. The molecule has 0 aliphatic rings. The van der Waals surface area contributed by atoms with Gasteiger partial charge in [-0.05, 0) is 34.6 Å². The molecule has 2 rings (SSSR count). The van der Waals surface area contributed by atoms with Gasteiger partial charge < -0.3 is 9.84 Å². The summed E-state index contributed by atoms with van der Waals surface area (Å²) in [6.45, 7) is 10.6. The number of rotatable bonds is 3. The fourth-order valence-electron chi connectivity index (χ4n) is 2.31. The van der Waals surface area contributed by atoms with Crippen LogP contribution in [-0.4, -0.2) is 10.7 Å². The predicted molar refractivity (Wildman–Crippen MR) is 77.9 cm³/mol. The van der Waals surface area contributed by atoms with Crippen LogP contribution in [-0.2, 0) is 5.54 Å². The number of nitrogens with zero attached hydrogens (tertiary/aromatic N) is 1. The number of hydrogen-bond acceptors (Lipinski definition) is 3. The van der Waals surface area contributed by atoms with Crippen LogP contribution in [0.2, 0.25) is 0 Å². The molecule has 102 valence electrons. The van der Waals surface area contributed by atoms with Crippen molar-refractivity contribution in [2.75, 3.05) is 0 Å². The Morgan fingerprint density at radius 1 is 1.00 bits per heavy atom. The van der Waals surface area contributed by atoms with Crippen molar-refractivity contribution in [3.05, 3.63) is 42.2 Å². The quantitative estimate of drug-likeness (QED) is 0.905. The minimum atomic E-state index is -0.252. The zero-order valence-electron chi connectivity index (χ0n) is 12.3. The van der Waals surface area contributed by atoms with Crippen LogP contribution in [0.4, 0.5) is 0 Å². The van der Waals surface area contributed by atoms with Gasteiger partial charge in [0.25, 0.3) is 0 Å². The van der Waals surface area contributed by atoms with Gasteiger partial charge in [0.1, 0.15) is 5.69 Å². The highest BCUT2D eigenvalue weighted by atomic mass is 16.5. The van der Waals surface area contributed by atoms with Crippen molar-refractivity contribution in [1.82, 2.24) is 10.5 Å². The fraction of sp³-hybridized carbons (Fsp3) is 0.438. The average molecular weight is 258 g/mol. The molecule has 2 aromatic rings. The maximum atomic E-state index is 5.52. The molecule has 0 amide bonds. The lowest BCUT2D eigenvalue weighted by atomic mass is 9.95. The molecule has 0 unspecified atom stereocenters. The molecule has 0 aliphatic heterocycles. The molecule has 1 N–H and O–H groups in total. The first kappa shape index (κ1) is 13.8. The van der Waals surface area contributed by atoms with Crippen molar-refractivity contribution in [3.8, 4) is 11.3 Å². The summed E-state index contributed by atoms with van der Waals surface area (Å²) in [4.78, 5) is 0. The van der Waals surface area contributed by atoms with Crippen molar-refractivity contribution in [2.24, 2.45) is 0 Å². The van der Waals surface area contributed by atoms with Crippen LogP contribution in [0.15, 0.2) is 40.9 Å². The predicted octanol–water partition coefficient (Wildman–Crippen LogP) is 3.96. The molecule has 0 atom stereocenters. The van der Waals surface area contributed by atoms with Gasteiger partial charge in [-0.25, -0.2) is 0 Å². The number of hydrogen-bond donors (Lipinski definition) is 1. The van der Waals surface area contributed by atoms with Gasteiger partial charge in [-0.15, -0.1) is 0 Å². The highest BCUT2D eigenvalue weighted by Crippen LogP contribution is 2.27. The van der Waals surface area contributed by atoms with E-state index in [-0.39, 0.29) is 11.1 Å². The molecule has 1 aromatic heterocycles. The van der Waals surface area contributed by atoms with Crippen LogP contribution in [0.3, 0.4) is 0 Å². The number of nitrogens with one attached hydrogen (secondary N) is 1. The minimum absolute atomic E-state index is 0.0171. The van der Waals surface area contributed by atoms with Crippen molar-refractivity contribution < 1.29 is 4.52 Å². The second-order valence-corrected chi connectivity index (χ2v) is 6.44. The standard InChI is InChI=1S/C16H22N2O/c1-15(2,3)18-16(4,5)14-11-13(17-19-14)12-9-7-6-8-10-12/h6-11,18H,1-5H3. The topological polar surface area (TPSA) is 38.1 Å². The summed E-state index contributed by atoms with van der Waals surface area (Å²) in [5.41, 5.74) is 1.71. The molecule has 0 bridgehead atoms. The summed E-state index contributed by atoms with van der Waals surface area (Å²) < 4.78 is 5.52. The van der Waals surface area contributed by atoms with Gasteiger partial charge in [0.05, 0.1) is 5.54 Å². The highest BCUT2D eigenvalue weighted by molar-refractivity contribution is 5.58. The summed E-state index contributed by atoms with van der Waals surface area (Å²) in [7, 11) is 0. The van der Waals surface area contributed by atoms with Crippen LogP contribution < -0.4 is 5.32 Å². The molecular weight excluding hydrogens is 236 g/mol. The largest absolute Gasteiger partial charge is 0.359 e. The van der Waals surface area contributed by atoms with Crippen LogP contribution >= 0.6 is 0 Å². The lowest BCUT2D eigenvalue weighted by Crippen LogP contribution is -2.48. The normalized spacial score (nSPS) is 12.7. The zero-order valence-corrected chi connectivity index (χ0v) is 12.3. The van der Waals surface area contributed by atoms with Gasteiger partial charge in [0.15, 0.2) is 5.76 Å². The third kappa shape index (κ3) is 3.44. The van der Waals surface area contributed by atoms with E-state index in [4.69, 9.17) is 4.52 Å². The van der Waals surface area contributed by atoms with Crippen LogP contribution in [0, 0.1) is 0 Å².